The lowest BCUT2D eigenvalue weighted by Gasteiger charge is -2.05. The van der Waals surface area contributed by atoms with Crippen LogP contribution in [-0.2, 0) is 0 Å². The first-order valence-electron chi connectivity index (χ1n) is 5.33. The minimum Gasteiger partial charge on any atom is -0.477 e. The first-order valence-corrected chi connectivity index (χ1v) is 6.41. The molecule has 1 amide bonds. The maximum atomic E-state index is 11.9. The number of aromatic carboxylic acids is 1. The first kappa shape index (κ1) is 13.5. The highest BCUT2D eigenvalue weighted by Crippen LogP contribution is 2.13. The van der Waals surface area contributed by atoms with Crippen molar-refractivity contribution in [3.05, 3.63) is 57.4 Å². The van der Waals surface area contributed by atoms with Gasteiger partial charge < -0.3 is 10.4 Å². The van der Waals surface area contributed by atoms with Crippen LogP contribution in [0.5, 0.6) is 0 Å². The van der Waals surface area contributed by atoms with Crippen LogP contribution in [-0.4, -0.2) is 22.0 Å². The fourth-order valence-corrected chi connectivity index (χ4v) is 1.98. The number of anilines is 1. The maximum absolute atomic E-state index is 11.9. The van der Waals surface area contributed by atoms with Gasteiger partial charge in [0.25, 0.3) is 5.91 Å². The number of rotatable bonds is 3. The number of benzene rings is 1. The van der Waals surface area contributed by atoms with E-state index in [0.717, 1.165) is 3.57 Å². The number of nitrogens with zero attached hydrogens (tertiary/aromatic N) is 1. The number of carbonyl (C=O) groups excluding carboxylic acids is 1. The number of carboxylic acids is 1. The Labute approximate surface area is 122 Å². The smallest absolute Gasteiger partial charge is 0.354 e. The van der Waals surface area contributed by atoms with E-state index in [2.05, 4.69) is 32.9 Å². The molecule has 2 N–H and O–H groups in total. The van der Waals surface area contributed by atoms with Crippen LogP contribution in [0.2, 0.25) is 0 Å². The van der Waals surface area contributed by atoms with Gasteiger partial charge in [-0.2, -0.15) is 0 Å². The van der Waals surface area contributed by atoms with Crippen LogP contribution in [0.15, 0.2) is 42.5 Å². The molecule has 0 spiro atoms. The van der Waals surface area contributed by atoms with Gasteiger partial charge in [-0.15, -0.1) is 0 Å². The zero-order valence-corrected chi connectivity index (χ0v) is 11.8. The molecule has 0 aliphatic rings. The number of amides is 1. The van der Waals surface area contributed by atoms with Crippen molar-refractivity contribution in [1.82, 2.24) is 4.98 Å². The summed E-state index contributed by atoms with van der Waals surface area (Å²) in [7, 11) is 0. The topological polar surface area (TPSA) is 79.3 Å². The molecule has 96 valence electrons. The highest BCUT2D eigenvalue weighted by molar-refractivity contribution is 14.1. The van der Waals surface area contributed by atoms with Gasteiger partial charge in [0.15, 0.2) is 0 Å². The third kappa shape index (κ3) is 3.50. The standard InChI is InChI=1S/C13H9IN2O3/c14-8-3-1-4-9(7-8)15-12(17)10-5-2-6-11(16-10)13(18)19/h1-7H,(H,15,17)(H,18,19). The molecule has 1 aromatic heterocycles. The lowest BCUT2D eigenvalue weighted by Crippen LogP contribution is -2.15. The zero-order valence-electron chi connectivity index (χ0n) is 9.63. The lowest BCUT2D eigenvalue weighted by molar-refractivity contribution is 0.0690. The monoisotopic (exact) mass is 368 g/mol. The Kier molecular flexibility index (Phi) is 4.10. The van der Waals surface area contributed by atoms with Gasteiger partial charge in [0, 0.05) is 9.26 Å². The second-order valence-electron chi connectivity index (χ2n) is 3.68. The molecule has 0 saturated heterocycles. The largest absolute Gasteiger partial charge is 0.477 e. The van der Waals surface area contributed by atoms with Gasteiger partial charge in [-0.3, -0.25) is 4.79 Å². The van der Waals surface area contributed by atoms with Crippen molar-refractivity contribution in [1.29, 1.82) is 0 Å². The van der Waals surface area contributed by atoms with Crippen LogP contribution >= 0.6 is 22.6 Å². The maximum Gasteiger partial charge on any atom is 0.354 e. The summed E-state index contributed by atoms with van der Waals surface area (Å²) in [6.07, 6.45) is 0. The molecule has 2 rings (SSSR count). The van der Waals surface area contributed by atoms with E-state index in [1.165, 1.54) is 18.2 Å². The highest BCUT2D eigenvalue weighted by Gasteiger charge is 2.11. The number of carbonyl (C=O) groups is 2. The highest BCUT2D eigenvalue weighted by atomic mass is 127. The van der Waals surface area contributed by atoms with E-state index >= 15 is 0 Å². The summed E-state index contributed by atoms with van der Waals surface area (Å²) < 4.78 is 0.989. The number of carboxylic acid groups (broad SMARTS) is 1. The first-order chi connectivity index (χ1) is 9.06. The quantitative estimate of drug-likeness (QED) is 0.817. The summed E-state index contributed by atoms with van der Waals surface area (Å²) in [5.41, 5.74) is 0.550. The summed E-state index contributed by atoms with van der Waals surface area (Å²) in [5, 5.41) is 11.5. The number of hydrogen-bond donors (Lipinski definition) is 2. The summed E-state index contributed by atoms with van der Waals surface area (Å²) in [4.78, 5) is 26.5. The molecule has 0 atom stereocenters. The van der Waals surface area contributed by atoms with Gasteiger partial charge >= 0.3 is 5.97 Å². The molecule has 1 aromatic carbocycles. The second kappa shape index (κ2) is 5.79. The Bertz CT molecular complexity index is 643. The number of aromatic nitrogens is 1. The molecule has 0 bridgehead atoms. The van der Waals surface area contributed by atoms with E-state index in [1.807, 2.05) is 12.1 Å². The molecule has 0 aliphatic heterocycles. The molecule has 0 unspecified atom stereocenters. The molecule has 2 aromatic rings. The summed E-state index contributed by atoms with van der Waals surface area (Å²) in [5.74, 6) is -1.60. The molecule has 0 aliphatic carbocycles. The number of hydrogen-bond acceptors (Lipinski definition) is 3. The van der Waals surface area contributed by atoms with Crippen LogP contribution in [0, 0.1) is 3.57 Å². The van der Waals surface area contributed by atoms with Gasteiger partial charge in [0.05, 0.1) is 0 Å². The fraction of sp³-hybridized carbons (Fsp3) is 0. The minimum absolute atomic E-state index is 0.0683. The van der Waals surface area contributed by atoms with Crippen LogP contribution in [0.1, 0.15) is 21.0 Å². The third-order valence-electron chi connectivity index (χ3n) is 2.28. The number of pyridine rings is 1. The van der Waals surface area contributed by atoms with Crippen LogP contribution in [0.25, 0.3) is 0 Å². The second-order valence-corrected chi connectivity index (χ2v) is 4.92. The third-order valence-corrected chi connectivity index (χ3v) is 2.95. The molecule has 1 heterocycles. The van der Waals surface area contributed by atoms with Gasteiger partial charge in [0.2, 0.25) is 0 Å². The Morgan fingerprint density at radius 2 is 1.79 bits per heavy atom. The predicted molar refractivity (Wildman–Crippen MR) is 78.3 cm³/mol. The van der Waals surface area contributed by atoms with E-state index in [4.69, 9.17) is 5.11 Å². The normalized spacial score (nSPS) is 9.95. The molecular weight excluding hydrogens is 359 g/mol. The minimum atomic E-state index is -1.16. The van der Waals surface area contributed by atoms with Crippen LogP contribution < -0.4 is 5.32 Å². The van der Waals surface area contributed by atoms with Crippen molar-refractivity contribution < 1.29 is 14.7 Å². The molecule has 0 saturated carbocycles. The van der Waals surface area contributed by atoms with Gasteiger partial charge in [-0.1, -0.05) is 12.1 Å². The Balaban J connectivity index is 2.20. The van der Waals surface area contributed by atoms with E-state index < -0.39 is 11.9 Å². The van der Waals surface area contributed by atoms with Crippen molar-refractivity contribution >= 4 is 40.2 Å². The predicted octanol–water partition coefficient (Wildman–Crippen LogP) is 2.64. The van der Waals surface area contributed by atoms with E-state index in [0.29, 0.717) is 5.69 Å². The molecule has 0 fully saturated rings. The van der Waals surface area contributed by atoms with Gasteiger partial charge in [-0.05, 0) is 52.9 Å². The SMILES string of the molecule is O=C(O)c1cccc(C(=O)Nc2cccc(I)c2)n1. The van der Waals surface area contributed by atoms with Gasteiger partial charge in [0.1, 0.15) is 11.4 Å². The Morgan fingerprint density at radius 3 is 2.47 bits per heavy atom. The summed E-state index contributed by atoms with van der Waals surface area (Å²) >= 11 is 2.14. The Hall–Kier alpha value is -1.96. The summed E-state index contributed by atoms with van der Waals surface area (Å²) in [6, 6.07) is 11.6. The number of halogens is 1. The number of nitrogens with one attached hydrogen (secondary N) is 1. The van der Waals surface area contributed by atoms with Crippen LogP contribution in [0.4, 0.5) is 5.69 Å². The average Bonchev–Trinajstić information content (AvgIpc) is 2.39. The summed E-state index contributed by atoms with van der Waals surface area (Å²) in [6.45, 7) is 0. The van der Waals surface area contributed by atoms with E-state index in [1.54, 1.807) is 12.1 Å². The molecule has 19 heavy (non-hydrogen) atoms. The fourth-order valence-electron chi connectivity index (χ4n) is 1.44. The molecule has 0 radical (unpaired) electrons. The molecular formula is C13H9IN2O3. The van der Waals surface area contributed by atoms with Crippen molar-refractivity contribution in [2.24, 2.45) is 0 Å². The van der Waals surface area contributed by atoms with E-state index in [9.17, 15) is 9.59 Å². The zero-order chi connectivity index (χ0) is 13.8. The van der Waals surface area contributed by atoms with Crippen molar-refractivity contribution in [2.45, 2.75) is 0 Å². The lowest BCUT2D eigenvalue weighted by atomic mass is 10.2. The molecule has 6 heteroatoms. The van der Waals surface area contributed by atoms with Crippen molar-refractivity contribution in [3.8, 4) is 0 Å². The van der Waals surface area contributed by atoms with E-state index in [-0.39, 0.29) is 11.4 Å². The van der Waals surface area contributed by atoms with Crippen molar-refractivity contribution in [3.63, 3.8) is 0 Å². The Morgan fingerprint density at radius 1 is 1.11 bits per heavy atom. The van der Waals surface area contributed by atoms with Gasteiger partial charge in [-0.25, -0.2) is 9.78 Å². The van der Waals surface area contributed by atoms with Crippen LogP contribution in [0.3, 0.4) is 0 Å². The van der Waals surface area contributed by atoms with Crippen molar-refractivity contribution in [2.75, 3.05) is 5.32 Å². The average molecular weight is 368 g/mol. The molecule has 5 nitrogen and oxygen atoms in total.